The van der Waals surface area contributed by atoms with Gasteiger partial charge in [0.25, 0.3) is 5.91 Å². The zero-order valence-corrected chi connectivity index (χ0v) is 13.9. The second-order valence-electron chi connectivity index (χ2n) is 5.92. The summed E-state index contributed by atoms with van der Waals surface area (Å²) in [5, 5.41) is 14.1. The summed E-state index contributed by atoms with van der Waals surface area (Å²) in [6, 6.07) is 9.83. The lowest BCUT2D eigenvalue weighted by atomic mass is 10.1. The van der Waals surface area contributed by atoms with Crippen LogP contribution in [0.1, 0.15) is 28.0 Å². The molecule has 6 heteroatoms. The molecule has 0 saturated carbocycles. The number of carbonyl (C=O) groups is 1. The molecule has 2 aromatic heterocycles. The van der Waals surface area contributed by atoms with E-state index in [2.05, 4.69) is 20.6 Å². The number of rotatable bonds is 6. The Labute approximate surface area is 140 Å². The summed E-state index contributed by atoms with van der Waals surface area (Å²) in [7, 11) is 0. The Bertz CT molecular complexity index is 816. The number of hydrogen-bond donors (Lipinski definition) is 2. The number of H-pyrrole nitrogens is 1. The molecule has 124 valence electrons. The van der Waals surface area contributed by atoms with E-state index in [-0.39, 0.29) is 5.91 Å². The summed E-state index contributed by atoms with van der Waals surface area (Å²) in [5.74, 6) is -0.141. The fourth-order valence-electron chi connectivity index (χ4n) is 2.44. The van der Waals surface area contributed by atoms with E-state index in [9.17, 15) is 4.79 Å². The van der Waals surface area contributed by atoms with Crippen molar-refractivity contribution in [2.45, 2.75) is 26.8 Å². The lowest BCUT2D eigenvalue weighted by Crippen LogP contribution is -2.25. The fourth-order valence-corrected chi connectivity index (χ4v) is 2.44. The third kappa shape index (κ3) is 3.90. The van der Waals surface area contributed by atoms with Crippen LogP contribution in [0.25, 0.3) is 11.3 Å². The van der Waals surface area contributed by atoms with Gasteiger partial charge in [0.05, 0.1) is 11.9 Å². The van der Waals surface area contributed by atoms with E-state index in [1.807, 2.05) is 55.2 Å². The molecule has 2 N–H and O–H groups in total. The average Bonchev–Trinajstić information content (AvgIpc) is 3.21. The quantitative estimate of drug-likeness (QED) is 0.685. The minimum absolute atomic E-state index is 0.141. The highest BCUT2D eigenvalue weighted by Gasteiger charge is 2.10. The van der Waals surface area contributed by atoms with Crippen molar-refractivity contribution in [1.29, 1.82) is 0 Å². The fraction of sp³-hybridized carbons (Fsp3) is 0.278. The van der Waals surface area contributed by atoms with Crippen LogP contribution in [0, 0.1) is 13.8 Å². The van der Waals surface area contributed by atoms with Gasteiger partial charge in [-0.1, -0.05) is 29.8 Å². The topological polar surface area (TPSA) is 75.6 Å². The van der Waals surface area contributed by atoms with Crippen LogP contribution in [0.5, 0.6) is 0 Å². The van der Waals surface area contributed by atoms with Gasteiger partial charge in [-0.3, -0.25) is 14.6 Å². The van der Waals surface area contributed by atoms with Crippen LogP contribution in [0.4, 0.5) is 0 Å². The summed E-state index contributed by atoms with van der Waals surface area (Å²) in [4.78, 5) is 12.2. The summed E-state index contributed by atoms with van der Waals surface area (Å²) in [6.45, 7) is 5.43. The Morgan fingerprint density at radius 1 is 1.21 bits per heavy atom. The van der Waals surface area contributed by atoms with Gasteiger partial charge in [0.1, 0.15) is 5.69 Å². The van der Waals surface area contributed by atoms with Crippen LogP contribution >= 0.6 is 0 Å². The van der Waals surface area contributed by atoms with Gasteiger partial charge in [-0.25, -0.2) is 0 Å². The first-order valence-electron chi connectivity index (χ1n) is 8.01. The second-order valence-corrected chi connectivity index (χ2v) is 5.92. The Hall–Kier alpha value is -2.89. The lowest BCUT2D eigenvalue weighted by Gasteiger charge is -2.03. The molecular formula is C18H21N5O. The number of aryl methyl sites for hydroxylation is 3. The highest BCUT2D eigenvalue weighted by Crippen LogP contribution is 2.18. The zero-order chi connectivity index (χ0) is 16.9. The lowest BCUT2D eigenvalue weighted by molar-refractivity contribution is 0.0947. The maximum Gasteiger partial charge on any atom is 0.269 e. The normalized spacial score (nSPS) is 10.8. The molecule has 6 nitrogen and oxygen atoms in total. The highest BCUT2D eigenvalue weighted by atomic mass is 16.1. The van der Waals surface area contributed by atoms with Crippen molar-refractivity contribution in [2.24, 2.45) is 0 Å². The molecule has 0 aliphatic rings. The largest absolute Gasteiger partial charge is 0.351 e. The predicted octanol–water partition coefficient (Wildman–Crippen LogP) is 2.71. The molecule has 0 atom stereocenters. The average molecular weight is 323 g/mol. The van der Waals surface area contributed by atoms with Crippen LogP contribution in [-0.2, 0) is 6.54 Å². The molecule has 0 fully saturated rings. The summed E-state index contributed by atoms with van der Waals surface area (Å²) < 4.78 is 1.88. The molecule has 1 aromatic carbocycles. The van der Waals surface area contributed by atoms with E-state index in [4.69, 9.17) is 0 Å². The first-order valence-corrected chi connectivity index (χ1v) is 8.01. The molecule has 0 aliphatic carbocycles. The Balaban J connectivity index is 1.51. The number of nitrogens with zero attached hydrogens (tertiary/aromatic N) is 3. The molecule has 3 rings (SSSR count). The third-order valence-electron chi connectivity index (χ3n) is 3.78. The van der Waals surface area contributed by atoms with Crippen molar-refractivity contribution < 1.29 is 4.79 Å². The van der Waals surface area contributed by atoms with Crippen LogP contribution in [0.3, 0.4) is 0 Å². The van der Waals surface area contributed by atoms with Gasteiger partial charge in [0.15, 0.2) is 0 Å². The van der Waals surface area contributed by atoms with Crippen molar-refractivity contribution in [2.75, 3.05) is 6.54 Å². The van der Waals surface area contributed by atoms with Crippen molar-refractivity contribution in [3.8, 4) is 11.3 Å². The van der Waals surface area contributed by atoms with E-state index in [1.54, 1.807) is 6.07 Å². The van der Waals surface area contributed by atoms with E-state index in [0.29, 0.717) is 12.2 Å². The molecule has 0 spiro atoms. The number of nitrogens with one attached hydrogen (secondary N) is 2. The number of benzene rings is 1. The minimum atomic E-state index is -0.141. The van der Waals surface area contributed by atoms with Gasteiger partial charge in [0, 0.05) is 24.8 Å². The number of hydrogen-bond acceptors (Lipinski definition) is 3. The van der Waals surface area contributed by atoms with Crippen LogP contribution in [-0.4, -0.2) is 32.4 Å². The van der Waals surface area contributed by atoms with Crippen molar-refractivity contribution in [1.82, 2.24) is 25.3 Å². The maximum atomic E-state index is 12.2. The van der Waals surface area contributed by atoms with Gasteiger partial charge in [0.2, 0.25) is 0 Å². The standard InChI is InChI=1S/C18H21N5O/c1-13-4-6-15(7-5-13)16-10-17(22-21-16)18(24)19-8-3-9-23-12-14(2)11-20-23/h4-7,10-12H,3,8-9H2,1-2H3,(H,19,24)(H,21,22). The van der Waals surface area contributed by atoms with Crippen LogP contribution in [0.15, 0.2) is 42.7 Å². The van der Waals surface area contributed by atoms with Gasteiger partial charge in [-0.2, -0.15) is 10.2 Å². The molecule has 0 bridgehead atoms. The smallest absolute Gasteiger partial charge is 0.269 e. The van der Waals surface area contributed by atoms with Gasteiger partial charge in [-0.15, -0.1) is 0 Å². The molecule has 24 heavy (non-hydrogen) atoms. The number of amides is 1. The van der Waals surface area contributed by atoms with Crippen molar-refractivity contribution in [3.05, 3.63) is 59.5 Å². The monoisotopic (exact) mass is 323 g/mol. The Morgan fingerprint density at radius 2 is 2.00 bits per heavy atom. The van der Waals surface area contributed by atoms with Crippen LogP contribution < -0.4 is 5.32 Å². The molecule has 2 heterocycles. The maximum absolute atomic E-state index is 12.2. The minimum Gasteiger partial charge on any atom is -0.351 e. The van der Waals surface area contributed by atoms with Crippen molar-refractivity contribution in [3.63, 3.8) is 0 Å². The zero-order valence-electron chi connectivity index (χ0n) is 13.9. The summed E-state index contributed by atoms with van der Waals surface area (Å²) >= 11 is 0. The number of carbonyl (C=O) groups excluding carboxylic acids is 1. The first-order chi connectivity index (χ1) is 11.6. The third-order valence-corrected chi connectivity index (χ3v) is 3.78. The molecule has 0 aliphatic heterocycles. The molecule has 1 amide bonds. The summed E-state index contributed by atoms with van der Waals surface area (Å²) in [6.07, 6.45) is 4.65. The Morgan fingerprint density at radius 3 is 2.71 bits per heavy atom. The molecular weight excluding hydrogens is 302 g/mol. The van der Waals surface area contributed by atoms with E-state index in [0.717, 1.165) is 29.8 Å². The number of aromatic nitrogens is 4. The predicted molar refractivity (Wildman–Crippen MR) is 92.7 cm³/mol. The highest BCUT2D eigenvalue weighted by molar-refractivity contribution is 5.93. The van der Waals surface area contributed by atoms with Gasteiger partial charge >= 0.3 is 0 Å². The molecule has 0 saturated heterocycles. The summed E-state index contributed by atoms with van der Waals surface area (Å²) in [5.41, 5.74) is 4.57. The van der Waals surface area contributed by atoms with E-state index >= 15 is 0 Å². The second kappa shape index (κ2) is 7.12. The van der Waals surface area contributed by atoms with Gasteiger partial charge in [-0.05, 0) is 31.9 Å². The van der Waals surface area contributed by atoms with E-state index < -0.39 is 0 Å². The SMILES string of the molecule is Cc1ccc(-c2cc(C(=O)NCCCn3cc(C)cn3)[nH]n2)cc1. The molecule has 3 aromatic rings. The van der Waals surface area contributed by atoms with E-state index in [1.165, 1.54) is 5.56 Å². The first kappa shape index (κ1) is 16.0. The van der Waals surface area contributed by atoms with Crippen molar-refractivity contribution >= 4 is 5.91 Å². The number of aromatic amines is 1. The Kier molecular flexibility index (Phi) is 4.74. The van der Waals surface area contributed by atoms with Gasteiger partial charge < -0.3 is 5.32 Å². The molecule has 0 unspecified atom stereocenters. The van der Waals surface area contributed by atoms with Crippen LogP contribution in [0.2, 0.25) is 0 Å². The molecule has 0 radical (unpaired) electrons.